The largest absolute Gasteiger partial charge is 0.456 e. The van der Waals surface area contributed by atoms with Crippen molar-refractivity contribution in [1.82, 2.24) is 0 Å². The third-order valence-electron chi connectivity index (χ3n) is 8.84. The van der Waals surface area contributed by atoms with Gasteiger partial charge in [-0.2, -0.15) is 0 Å². The van der Waals surface area contributed by atoms with Gasteiger partial charge in [-0.25, -0.2) is 0 Å². The molecule has 0 radical (unpaired) electrons. The Morgan fingerprint density at radius 1 is 0.318 bits per heavy atom. The maximum Gasteiger partial charge on any atom is 0.136 e. The first-order chi connectivity index (χ1) is 21.8. The Bertz CT molecular complexity index is 2630. The van der Waals surface area contributed by atoms with Crippen molar-refractivity contribution in [2.75, 3.05) is 4.90 Å². The summed E-state index contributed by atoms with van der Waals surface area (Å²) in [6.07, 6.45) is 0. The summed E-state index contributed by atoms with van der Waals surface area (Å²) in [6, 6.07) is 48.5. The highest BCUT2D eigenvalue weighted by Crippen LogP contribution is 2.43. The lowest BCUT2D eigenvalue weighted by Gasteiger charge is -2.25. The van der Waals surface area contributed by atoms with Gasteiger partial charge in [0, 0.05) is 49.4 Å². The Labute approximate surface area is 250 Å². The summed E-state index contributed by atoms with van der Waals surface area (Å²) in [5, 5.41) is 8.96. The van der Waals surface area contributed by atoms with Crippen LogP contribution in [0.15, 0.2) is 153 Å². The second-order valence-corrected chi connectivity index (χ2v) is 11.3. The van der Waals surface area contributed by atoms with Crippen LogP contribution in [0.3, 0.4) is 0 Å². The van der Waals surface area contributed by atoms with Crippen LogP contribution in [0.5, 0.6) is 0 Å². The topological polar surface area (TPSA) is 42.7 Å². The number of nitrogens with zero attached hydrogens (tertiary/aromatic N) is 1. The van der Waals surface area contributed by atoms with Gasteiger partial charge in [-0.15, -0.1) is 0 Å². The summed E-state index contributed by atoms with van der Waals surface area (Å²) in [6.45, 7) is 0. The van der Waals surface area contributed by atoms with Gasteiger partial charge in [0.25, 0.3) is 0 Å². The SMILES string of the molecule is c1ccc2c(c1)ccc1oc3ccc(N(c4ccc5oc6ccccc6c5c4)c4ccc5oc6ccccc6c5c4)cc3c12. The van der Waals surface area contributed by atoms with Gasteiger partial charge in [-0.3, -0.25) is 0 Å². The van der Waals surface area contributed by atoms with Crippen LogP contribution in [0.25, 0.3) is 76.6 Å². The first-order valence-electron chi connectivity index (χ1n) is 14.8. The molecule has 0 unspecified atom stereocenters. The van der Waals surface area contributed by atoms with Crippen LogP contribution in [0.4, 0.5) is 17.1 Å². The van der Waals surface area contributed by atoms with Crippen LogP contribution in [-0.4, -0.2) is 0 Å². The van der Waals surface area contributed by atoms with Crippen LogP contribution in [0, 0.1) is 0 Å². The highest BCUT2D eigenvalue weighted by molar-refractivity contribution is 6.19. The zero-order valence-electron chi connectivity index (χ0n) is 23.5. The predicted molar refractivity (Wildman–Crippen MR) is 180 cm³/mol. The molecule has 0 amide bonds. The number of rotatable bonds is 3. The molecule has 10 rings (SSSR count). The van der Waals surface area contributed by atoms with Gasteiger partial charge < -0.3 is 18.2 Å². The molecule has 0 aliphatic rings. The number of fused-ring (bicyclic) bond motifs is 11. The van der Waals surface area contributed by atoms with E-state index < -0.39 is 0 Å². The van der Waals surface area contributed by atoms with E-state index in [1.165, 1.54) is 10.8 Å². The first kappa shape index (κ1) is 23.6. The fourth-order valence-corrected chi connectivity index (χ4v) is 6.83. The summed E-state index contributed by atoms with van der Waals surface area (Å²) in [5.41, 5.74) is 8.37. The van der Waals surface area contributed by atoms with Gasteiger partial charge in [0.2, 0.25) is 0 Å². The molecule has 0 aliphatic heterocycles. The fraction of sp³-hybridized carbons (Fsp3) is 0. The lowest BCUT2D eigenvalue weighted by molar-refractivity contribution is 0.668. The molecular weight excluding hydrogens is 542 g/mol. The zero-order chi connectivity index (χ0) is 28.8. The number of benzene rings is 7. The normalized spacial score (nSPS) is 12.1. The number of hydrogen-bond acceptors (Lipinski definition) is 4. The predicted octanol–water partition coefficient (Wildman–Crippen LogP) is 12.0. The van der Waals surface area contributed by atoms with Gasteiger partial charge in [0.1, 0.15) is 33.5 Å². The van der Waals surface area contributed by atoms with Crippen LogP contribution in [0.1, 0.15) is 0 Å². The summed E-state index contributed by atoms with van der Waals surface area (Å²) >= 11 is 0. The highest BCUT2D eigenvalue weighted by Gasteiger charge is 2.19. The Kier molecular flexibility index (Phi) is 4.69. The molecule has 0 bridgehead atoms. The Hall–Kier alpha value is -6.00. The molecule has 0 N–H and O–H groups in total. The lowest BCUT2D eigenvalue weighted by atomic mass is 10.0. The molecule has 7 aromatic carbocycles. The van der Waals surface area contributed by atoms with Crippen molar-refractivity contribution in [1.29, 1.82) is 0 Å². The summed E-state index contributed by atoms with van der Waals surface area (Å²) in [7, 11) is 0. The van der Waals surface area contributed by atoms with Crippen molar-refractivity contribution in [2.24, 2.45) is 0 Å². The maximum absolute atomic E-state index is 6.35. The molecule has 44 heavy (non-hydrogen) atoms. The van der Waals surface area contributed by atoms with Gasteiger partial charge in [0.15, 0.2) is 0 Å². The molecular formula is C40H23NO3. The third kappa shape index (κ3) is 3.33. The van der Waals surface area contributed by atoms with E-state index >= 15 is 0 Å². The minimum Gasteiger partial charge on any atom is -0.456 e. The number of para-hydroxylation sites is 2. The van der Waals surface area contributed by atoms with Gasteiger partial charge in [-0.05, 0) is 83.6 Å². The summed E-state index contributed by atoms with van der Waals surface area (Å²) < 4.78 is 18.7. The molecule has 3 heterocycles. The molecule has 0 saturated carbocycles. The van der Waals surface area contributed by atoms with E-state index in [1.807, 2.05) is 24.3 Å². The summed E-state index contributed by atoms with van der Waals surface area (Å²) in [4.78, 5) is 2.31. The minimum atomic E-state index is 0.868. The molecule has 0 spiro atoms. The quantitative estimate of drug-likeness (QED) is 0.214. The van der Waals surface area contributed by atoms with Crippen molar-refractivity contribution in [3.05, 3.63) is 140 Å². The van der Waals surface area contributed by atoms with Gasteiger partial charge in [-0.1, -0.05) is 66.7 Å². The van der Waals surface area contributed by atoms with Crippen LogP contribution >= 0.6 is 0 Å². The van der Waals surface area contributed by atoms with Crippen LogP contribution in [0.2, 0.25) is 0 Å². The Balaban J connectivity index is 1.26. The molecule has 0 atom stereocenters. The Morgan fingerprint density at radius 3 is 1.36 bits per heavy atom. The van der Waals surface area contributed by atoms with Crippen molar-refractivity contribution >= 4 is 93.7 Å². The van der Waals surface area contributed by atoms with E-state index in [4.69, 9.17) is 13.3 Å². The lowest BCUT2D eigenvalue weighted by Crippen LogP contribution is -2.09. The molecule has 4 heteroatoms. The van der Waals surface area contributed by atoms with E-state index in [9.17, 15) is 0 Å². The molecule has 10 aromatic rings. The van der Waals surface area contributed by atoms with E-state index in [-0.39, 0.29) is 0 Å². The fourth-order valence-electron chi connectivity index (χ4n) is 6.83. The molecule has 4 nitrogen and oxygen atoms in total. The van der Waals surface area contributed by atoms with E-state index in [0.29, 0.717) is 0 Å². The molecule has 0 aliphatic carbocycles. The zero-order valence-corrected chi connectivity index (χ0v) is 23.5. The van der Waals surface area contributed by atoms with Crippen LogP contribution < -0.4 is 4.90 Å². The monoisotopic (exact) mass is 565 g/mol. The Morgan fingerprint density at radius 2 is 0.750 bits per heavy atom. The van der Waals surface area contributed by atoms with Crippen molar-refractivity contribution in [3.8, 4) is 0 Å². The van der Waals surface area contributed by atoms with E-state index in [0.717, 1.165) is 82.9 Å². The van der Waals surface area contributed by atoms with Gasteiger partial charge >= 0.3 is 0 Å². The molecule has 3 aromatic heterocycles. The first-order valence-corrected chi connectivity index (χ1v) is 14.8. The maximum atomic E-state index is 6.35. The second kappa shape index (κ2) is 8.76. The number of anilines is 3. The molecule has 0 fully saturated rings. The second-order valence-electron chi connectivity index (χ2n) is 11.3. The molecule has 206 valence electrons. The van der Waals surface area contributed by atoms with Crippen molar-refractivity contribution in [3.63, 3.8) is 0 Å². The van der Waals surface area contributed by atoms with Crippen molar-refractivity contribution in [2.45, 2.75) is 0 Å². The minimum absolute atomic E-state index is 0.868. The molecule has 0 saturated heterocycles. The average molecular weight is 566 g/mol. The third-order valence-corrected chi connectivity index (χ3v) is 8.84. The summed E-state index contributed by atoms with van der Waals surface area (Å²) in [5.74, 6) is 0. The standard InChI is InChI=1S/C40H23NO3/c1-2-8-28-24(7-1)13-17-39-40(28)33-23-27(16-20-38(33)44-39)41(25-14-18-36-31(21-25)29-9-3-5-11-34(29)42-36)26-15-19-37-32(22-26)30-10-4-6-12-35(30)43-37/h1-23H. The van der Waals surface area contributed by atoms with E-state index in [2.05, 4.69) is 120 Å². The van der Waals surface area contributed by atoms with E-state index in [1.54, 1.807) is 0 Å². The highest BCUT2D eigenvalue weighted by atomic mass is 16.3. The smallest absolute Gasteiger partial charge is 0.136 e. The number of hydrogen-bond donors (Lipinski definition) is 0. The number of furan rings is 3. The van der Waals surface area contributed by atoms with Crippen molar-refractivity contribution < 1.29 is 13.3 Å². The van der Waals surface area contributed by atoms with Gasteiger partial charge in [0.05, 0.1) is 0 Å². The average Bonchev–Trinajstić information content (AvgIpc) is 3.76. The van der Waals surface area contributed by atoms with Crippen LogP contribution in [-0.2, 0) is 0 Å².